The minimum Gasteiger partial charge on any atom is -0.444 e. The standard InChI is InChI=1S/C24H49N3O5S/c1-18(30-16-13-22(5,6)25)11-15-26-19(28)10-12-24(9,33)31-17-14-23(7,8)27-20(29)32-21(2,3)4/h18,33H,10-17,25H2,1-9H3,(H,26,28)(H,27,29). The summed E-state index contributed by atoms with van der Waals surface area (Å²) < 4.78 is 16.9. The molecule has 0 saturated carbocycles. The van der Waals surface area contributed by atoms with E-state index >= 15 is 0 Å². The molecule has 2 unspecified atom stereocenters. The van der Waals surface area contributed by atoms with Crippen LogP contribution in [0.1, 0.15) is 94.4 Å². The largest absolute Gasteiger partial charge is 0.444 e. The van der Waals surface area contributed by atoms with Gasteiger partial charge in [-0.1, -0.05) is 0 Å². The van der Waals surface area contributed by atoms with Crippen molar-refractivity contribution in [2.75, 3.05) is 19.8 Å². The number of carbonyl (C=O) groups is 2. The molecule has 0 aromatic carbocycles. The maximum absolute atomic E-state index is 12.2. The Morgan fingerprint density at radius 2 is 1.58 bits per heavy atom. The third kappa shape index (κ3) is 20.1. The van der Waals surface area contributed by atoms with Crippen molar-refractivity contribution in [3.05, 3.63) is 0 Å². The van der Waals surface area contributed by atoms with Gasteiger partial charge in [-0.25, -0.2) is 4.79 Å². The van der Waals surface area contributed by atoms with Crippen LogP contribution in [0.4, 0.5) is 4.79 Å². The van der Waals surface area contributed by atoms with Gasteiger partial charge in [-0.05, 0) is 88.0 Å². The molecule has 0 rings (SSSR count). The molecule has 0 saturated heterocycles. The van der Waals surface area contributed by atoms with E-state index < -0.39 is 22.2 Å². The lowest BCUT2D eigenvalue weighted by molar-refractivity contribution is -0.122. The fourth-order valence-corrected chi connectivity index (χ4v) is 2.90. The van der Waals surface area contributed by atoms with Crippen molar-refractivity contribution in [3.8, 4) is 0 Å². The van der Waals surface area contributed by atoms with Crippen LogP contribution in [0, 0.1) is 0 Å². The van der Waals surface area contributed by atoms with Crippen LogP contribution in [0.5, 0.6) is 0 Å². The highest BCUT2D eigenvalue weighted by Gasteiger charge is 2.27. The Kier molecular flexibility index (Phi) is 13.3. The predicted molar refractivity (Wildman–Crippen MR) is 137 cm³/mol. The number of alkyl carbamates (subject to hydrolysis) is 1. The lowest BCUT2D eigenvalue weighted by Gasteiger charge is -2.30. The molecular formula is C24H49N3O5S. The third-order valence-corrected chi connectivity index (χ3v) is 5.17. The number of ether oxygens (including phenoxy) is 3. The predicted octanol–water partition coefficient (Wildman–Crippen LogP) is 4.16. The molecule has 0 bridgehead atoms. The van der Waals surface area contributed by atoms with E-state index in [1.807, 2.05) is 62.3 Å². The molecule has 4 N–H and O–H groups in total. The average molecular weight is 492 g/mol. The Balaban J connectivity index is 4.12. The number of amides is 2. The van der Waals surface area contributed by atoms with E-state index in [0.717, 1.165) is 12.8 Å². The summed E-state index contributed by atoms with van der Waals surface area (Å²) in [4.78, 5) is 23.4. The second-order valence-electron chi connectivity index (χ2n) is 11.3. The van der Waals surface area contributed by atoms with Crippen molar-refractivity contribution in [3.63, 3.8) is 0 Å². The molecule has 0 heterocycles. The molecule has 196 valence electrons. The van der Waals surface area contributed by atoms with Crippen LogP contribution in [0.3, 0.4) is 0 Å². The van der Waals surface area contributed by atoms with Crippen molar-refractivity contribution in [2.24, 2.45) is 5.73 Å². The van der Waals surface area contributed by atoms with E-state index in [2.05, 4.69) is 23.3 Å². The minimum absolute atomic E-state index is 0.0407. The van der Waals surface area contributed by atoms with E-state index in [1.54, 1.807) is 0 Å². The van der Waals surface area contributed by atoms with Gasteiger partial charge in [0.05, 0.1) is 12.7 Å². The van der Waals surface area contributed by atoms with E-state index in [4.69, 9.17) is 19.9 Å². The molecule has 0 fully saturated rings. The maximum Gasteiger partial charge on any atom is 0.408 e. The lowest BCUT2D eigenvalue weighted by atomic mass is 10.0. The van der Waals surface area contributed by atoms with Crippen molar-refractivity contribution < 1.29 is 23.8 Å². The number of carbonyl (C=O) groups excluding carboxylic acids is 2. The first-order valence-corrected chi connectivity index (χ1v) is 12.3. The third-order valence-electron chi connectivity index (χ3n) is 4.82. The number of nitrogens with two attached hydrogens (primary N) is 1. The van der Waals surface area contributed by atoms with Crippen LogP contribution in [-0.2, 0) is 19.0 Å². The summed E-state index contributed by atoms with van der Waals surface area (Å²) in [5, 5.41) is 5.77. The number of nitrogens with one attached hydrogen (secondary N) is 2. The average Bonchev–Trinajstić information content (AvgIpc) is 2.56. The molecule has 0 radical (unpaired) electrons. The lowest BCUT2D eigenvalue weighted by Crippen LogP contribution is -2.46. The highest BCUT2D eigenvalue weighted by Crippen LogP contribution is 2.23. The van der Waals surface area contributed by atoms with Crippen LogP contribution in [-0.4, -0.2) is 59.5 Å². The summed E-state index contributed by atoms with van der Waals surface area (Å²) in [6.07, 6.45) is 2.50. The molecule has 33 heavy (non-hydrogen) atoms. The summed E-state index contributed by atoms with van der Waals surface area (Å²) in [6.45, 7) is 18.6. The van der Waals surface area contributed by atoms with E-state index in [0.29, 0.717) is 39.0 Å². The molecule has 0 aliphatic heterocycles. The highest BCUT2D eigenvalue weighted by molar-refractivity contribution is 7.81. The number of rotatable bonds is 15. The van der Waals surface area contributed by atoms with Gasteiger partial charge in [0.15, 0.2) is 0 Å². The summed E-state index contributed by atoms with van der Waals surface area (Å²) in [6, 6.07) is 0. The first kappa shape index (κ1) is 32.0. The van der Waals surface area contributed by atoms with Gasteiger partial charge in [-0.15, -0.1) is 12.6 Å². The topological polar surface area (TPSA) is 112 Å². The first-order valence-electron chi connectivity index (χ1n) is 11.8. The summed E-state index contributed by atoms with van der Waals surface area (Å²) >= 11 is 4.56. The number of thiol groups is 1. The second-order valence-corrected chi connectivity index (χ2v) is 12.3. The Morgan fingerprint density at radius 1 is 0.970 bits per heavy atom. The van der Waals surface area contributed by atoms with Crippen molar-refractivity contribution in [2.45, 2.75) is 122 Å². The quantitative estimate of drug-likeness (QED) is 0.202. The number of hydrogen-bond donors (Lipinski definition) is 4. The fraction of sp³-hybridized carbons (Fsp3) is 0.917. The van der Waals surface area contributed by atoms with Gasteiger partial charge in [0, 0.05) is 30.7 Å². The smallest absolute Gasteiger partial charge is 0.408 e. The normalized spacial score (nSPS) is 15.5. The van der Waals surface area contributed by atoms with E-state index in [-0.39, 0.29) is 17.6 Å². The van der Waals surface area contributed by atoms with Gasteiger partial charge in [0.2, 0.25) is 5.91 Å². The fourth-order valence-electron chi connectivity index (χ4n) is 2.70. The van der Waals surface area contributed by atoms with Gasteiger partial charge in [-0.3, -0.25) is 4.79 Å². The van der Waals surface area contributed by atoms with Crippen LogP contribution >= 0.6 is 12.6 Å². The van der Waals surface area contributed by atoms with Gasteiger partial charge in [0.25, 0.3) is 0 Å². The molecule has 0 aromatic rings. The molecule has 0 spiro atoms. The van der Waals surface area contributed by atoms with Crippen LogP contribution < -0.4 is 16.4 Å². The molecule has 0 aliphatic carbocycles. The van der Waals surface area contributed by atoms with E-state index in [9.17, 15) is 9.59 Å². The van der Waals surface area contributed by atoms with Crippen LogP contribution in [0.25, 0.3) is 0 Å². The van der Waals surface area contributed by atoms with Gasteiger partial charge in [-0.2, -0.15) is 0 Å². The summed E-state index contributed by atoms with van der Waals surface area (Å²) in [5.74, 6) is -0.0407. The van der Waals surface area contributed by atoms with Crippen molar-refractivity contribution >= 4 is 24.6 Å². The Morgan fingerprint density at radius 3 is 2.12 bits per heavy atom. The molecule has 0 aliphatic rings. The molecule has 2 atom stereocenters. The summed E-state index contributed by atoms with van der Waals surface area (Å²) in [7, 11) is 0. The molecular weight excluding hydrogens is 442 g/mol. The van der Waals surface area contributed by atoms with Crippen molar-refractivity contribution in [1.82, 2.24) is 10.6 Å². The van der Waals surface area contributed by atoms with E-state index in [1.165, 1.54) is 0 Å². The van der Waals surface area contributed by atoms with Gasteiger partial charge < -0.3 is 30.6 Å². The summed E-state index contributed by atoms with van der Waals surface area (Å²) in [5.41, 5.74) is 4.66. The van der Waals surface area contributed by atoms with Gasteiger partial charge >= 0.3 is 6.09 Å². The zero-order chi connectivity index (χ0) is 25.9. The zero-order valence-electron chi connectivity index (χ0n) is 22.3. The SMILES string of the molecule is CC(CCNC(=O)CCC(C)(S)OCCC(C)(C)NC(=O)OC(C)(C)C)OCCC(C)(C)N. The Labute approximate surface area is 206 Å². The monoisotopic (exact) mass is 491 g/mol. The van der Waals surface area contributed by atoms with Crippen LogP contribution in [0.2, 0.25) is 0 Å². The molecule has 2 amide bonds. The Bertz CT molecular complexity index is 598. The van der Waals surface area contributed by atoms with Crippen LogP contribution in [0.15, 0.2) is 0 Å². The second kappa shape index (κ2) is 13.8. The Hall–Kier alpha value is -1.03. The first-order chi connectivity index (χ1) is 14.8. The highest BCUT2D eigenvalue weighted by atomic mass is 32.1. The van der Waals surface area contributed by atoms with Gasteiger partial charge in [0.1, 0.15) is 10.5 Å². The number of hydrogen-bond acceptors (Lipinski definition) is 7. The molecule has 0 aromatic heterocycles. The minimum atomic E-state index is -0.745. The zero-order valence-corrected chi connectivity index (χ0v) is 23.2. The van der Waals surface area contributed by atoms with Crippen molar-refractivity contribution in [1.29, 1.82) is 0 Å². The maximum atomic E-state index is 12.2. The molecule has 8 nitrogen and oxygen atoms in total. The molecule has 9 heteroatoms.